The molecular formula is C18H28N2O2. The van der Waals surface area contributed by atoms with Gasteiger partial charge >= 0.3 is 0 Å². The summed E-state index contributed by atoms with van der Waals surface area (Å²) in [6, 6.07) is 8.76. The lowest BCUT2D eigenvalue weighted by Crippen LogP contribution is -2.38. The molecule has 0 radical (unpaired) electrons. The van der Waals surface area contributed by atoms with E-state index in [9.17, 15) is 10.2 Å². The molecule has 2 aliphatic heterocycles. The predicted octanol–water partition coefficient (Wildman–Crippen LogP) is 1.60. The zero-order valence-electron chi connectivity index (χ0n) is 13.3. The molecule has 0 amide bonds. The van der Waals surface area contributed by atoms with Crippen molar-refractivity contribution in [2.45, 2.75) is 51.0 Å². The maximum Gasteiger partial charge on any atom is 0.0667 e. The fourth-order valence-electron chi connectivity index (χ4n) is 3.69. The molecule has 0 aromatic heterocycles. The van der Waals surface area contributed by atoms with E-state index >= 15 is 0 Å². The Morgan fingerprint density at radius 2 is 1.36 bits per heavy atom. The number of piperidine rings is 2. The molecule has 1 aromatic rings. The van der Waals surface area contributed by atoms with Crippen molar-refractivity contribution in [3.63, 3.8) is 0 Å². The van der Waals surface area contributed by atoms with Gasteiger partial charge in [-0.1, -0.05) is 24.3 Å². The average molecular weight is 304 g/mol. The van der Waals surface area contributed by atoms with Gasteiger partial charge in [-0.05, 0) is 49.9 Å². The second-order valence-corrected chi connectivity index (χ2v) is 6.88. The molecule has 2 heterocycles. The molecule has 2 saturated heterocycles. The van der Waals surface area contributed by atoms with E-state index in [-0.39, 0.29) is 12.2 Å². The van der Waals surface area contributed by atoms with E-state index < -0.39 is 0 Å². The first-order valence-electron chi connectivity index (χ1n) is 8.58. The number of aliphatic hydroxyl groups is 2. The van der Waals surface area contributed by atoms with E-state index in [0.717, 1.165) is 65.0 Å². The van der Waals surface area contributed by atoms with Crippen molar-refractivity contribution >= 4 is 0 Å². The summed E-state index contributed by atoms with van der Waals surface area (Å²) in [5.41, 5.74) is 2.65. The number of hydrogen-bond acceptors (Lipinski definition) is 4. The standard InChI is InChI=1S/C18H28N2O2/c21-17-6-2-8-19(13-17)11-15-4-1-5-16(10-15)12-20-9-3-7-18(22)14-20/h1,4-5,10,17-18,21-22H,2-3,6-9,11-14H2. The topological polar surface area (TPSA) is 46.9 Å². The molecule has 2 aliphatic rings. The van der Waals surface area contributed by atoms with Crippen LogP contribution >= 0.6 is 0 Å². The molecule has 122 valence electrons. The number of nitrogens with zero attached hydrogens (tertiary/aromatic N) is 2. The van der Waals surface area contributed by atoms with Gasteiger partial charge in [-0.15, -0.1) is 0 Å². The van der Waals surface area contributed by atoms with Crippen LogP contribution in [-0.2, 0) is 13.1 Å². The van der Waals surface area contributed by atoms with Crippen molar-refractivity contribution in [3.05, 3.63) is 35.4 Å². The Morgan fingerprint density at radius 1 is 0.864 bits per heavy atom. The van der Waals surface area contributed by atoms with E-state index in [1.165, 1.54) is 11.1 Å². The lowest BCUT2D eigenvalue weighted by molar-refractivity contribution is 0.0661. The minimum Gasteiger partial charge on any atom is -0.392 e. The number of likely N-dealkylation sites (tertiary alicyclic amines) is 2. The highest BCUT2D eigenvalue weighted by molar-refractivity contribution is 5.23. The minimum atomic E-state index is -0.160. The van der Waals surface area contributed by atoms with Crippen molar-refractivity contribution in [1.29, 1.82) is 0 Å². The maximum atomic E-state index is 9.78. The van der Waals surface area contributed by atoms with Gasteiger partial charge < -0.3 is 10.2 Å². The van der Waals surface area contributed by atoms with Gasteiger partial charge in [0, 0.05) is 26.2 Å². The molecule has 0 spiro atoms. The molecule has 0 bridgehead atoms. The van der Waals surface area contributed by atoms with Crippen molar-refractivity contribution in [3.8, 4) is 0 Å². The highest BCUT2D eigenvalue weighted by Gasteiger charge is 2.19. The summed E-state index contributed by atoms with van der Waals surface area (Å²) in [7, 11) is 0. The van der Waals surface area contributed by atoms with Gasteiger partial charge in [0.1, 0.15) is 0 Å². The van der Waals surface area contributed by atoms with E-state index in [1.807, 2.05) is 0 Å². The second kappa shape index (κ2) is 7.55. The SMILES string of the molecule is OC1CCCN(Cc2cccc(CN3CCCC(O)C3)c2)C1. The first kappa shape index (κ1) is 15.9. The van der Waals surface area contributed by atoms with Crippen LogP contribution in [0.5, 0.6) is 0 Å². The Kier molecular flexibility index (Phi) is 5.47. The van der Waals surface area contributed by atoms with Crippen LogP contribution in [0, 0.1) is 0 Å². The molecule has 22 heavy (non-hydrogen) atoms. The molecule has 4 heteroatoms. The summed E-state index contributed by atoms with van der Waals surface area (Å²) in [6.45, 7) is 5.60. The molecular weight excluding hydrogens is 276 g/mol. The third kappa shape index (κ3) is 4.53. The van der Waals surface area contributed by atoms with Crippen molar-refractivity contribution in [2.75, 3.05) is 26.2 Å². The predicted molar refractivity (Wildman–Crippen MR) is 87.5 cm³/mol. The zero-order chi connectivity index (χ0) is 15.4. The number of rotatable bonds is 4. The molecule has 2 fully saturated rings. The highest BCUT2D eigenvalue weighted by Crippen LogP contribution is 2.17. The second-order valence-electron chi connectivity index (χ2n) is 6.88. The summed E-state index contributed by atoms with van der Waals surface area (Å²) in [5.74, 6) is 0. The number of benzene rings is 1. The lowest BCUT2D eigenvalue weighted by atomic mass is 10.0. The molecule has 2 atom stereocenters. The normalized spacial score (nSPS) is 27.9. The smallest absolute Gasteiger partial charge is 0.0667 e. The largest absolute Gasteiger partial charge is 0.392 e. The van der Waals surface area contributed by atoms with Gasteiger partial charge in [-0.25, -0.2) is 0 Å². The van der Waals surface area contributed by atoms with Gasteiger partial charge in [-0.3, -0.25) is 9.80 Å². The average Bonchev–Trinajstić information content (AvgIpc) is 2.47. The van der Waals surface area contributed by atoms with Crippen LogP contribution in [0.3, 0.4) is 0 Å². The Labute approximate surface area is 133 Å². The summed E-state index contributed by atoms with van der Waals surface area (Å²) < 4.78 is 0. The van der Waals surface area contributed by atoms with Gasteiger partial charge in [0.15, 0.2) is 0 Å². The van der Waals surface area contributed by atoms with Crippen LogP contribution in [0.25, 0.3) is 0 Å². The van der Waals surface area contributed by atoms with Crippen molar-refractivity contribution in [1.82, 2.24) is 9.80 Å². The molecule has 1 aromatic carbocycles. The summed E-state index contributed by atoms with van der Waals surface area (Å²) in [6.07, 6.45) is 3.74. The highest BCUT2D eigenvalue weighted by atomic mass is 16.3. The summed E-state index contributed by atoms with van der Waals surface area (Å²) in [5, 5.41) is 19.6. The Morgan fingerprint density at radius 3 is 1.82 bits per heavy atom. The molecule has 0 aliphatic carbocycles. The van der Waals surface area contributed by atoms with E-state index in [2.05, 4.69) is 34.1 Å². The summed E-state index contributed by atoms with van der Waals surface area (Å²) in [4.78, 5) is 4.69. The van der Waals surface area contributed by atoms with Gasteiger partial charge in [0.25, 0.3) is 0 Å². The molecule has 0 saturated carbocycles. The summed E-state index contributed by atoms with van der Waals surface area (Å²) >= 11 is 0. The maximum absolute atomic E-state index is 9.78. The lowest BCUT2D eigenvalue weighted by Gasteiger charge is -2.31. The fourth-order valence-corrected chi connectivity index (χ4v) is 3.69. The number of hydrogen-bond donors (Lipinski definition) is 2. The zero-order valence-corrected chi connectivity index (χ0v) is 13.3. The van der Waals surface area contributed by atoms with Gasteiger partial charge in [0.2, 0.25) is 0 Å². The van der Waals surface area contributed by atoms with E-state index in [0.29, 0.717) is 0 Å². The first-order chi connectivity index (χ1) is 10.7. The molecule has 4 nitrogen and oxygen atoms in total. The first-order valence-corrected chi connectivity index (χ1v) is 8.58. The third-order valence-corrected chi connectivity index (χ3v) is 4.77. The minimum absolute atomic E-state index is 0.160. The quantitative estimate of drug-likeness (QED) is 0.887. The third-order valence-electron chi connectivity index (χ3n) is 4.77. The van der Waals surface area contributed by atoms with Crippen LogP contribution < -0.4 is 0 Å². The van der Waals surface area contributed by atoms with Crippen molar-refractivity contribution < 1.29 is 10.2 Å². The van der Waals surface area contributed by atoms with Gasteiger partial charge in [0.05, 0.1) is 12.2 Å². The Hall–Kier alpha value is -0.940. The monoisotopic (exact) mass is 304 g/mol. The Bertz CT molecular complexity index is 441. The van der Waals surface area contributed by atoms with Crippen LogP contribution in [0.15, 0.2) is 24.3 Å². The van der Waals surface area contributed by atoms with Crippen LogP contribution in [0.1, 0.15) is 36.8 Å². The van der Waals surface area contributed by atoms with Crippen molar-refractivity contribution in [2.24, 2.45) is 0 Å². The van der Waals surface area contributed by atoms with Crippen LogP contribution in [0.2, 0.25) is 0 Å². The van der Waals surface area contributed by atoms with Crippen LogP contribution in [-0.4, -0.2) is 58.4 Å². The number of β-amino-alcohol motifs (C(OH)–C–C–N with tert-alkyl or cyclic N) is 2. The van der Waals surface area contributed by atoms with Crippen LogP contribution in [0.4, 0.5) is 0 Å². The molecule has 2 N–H and O–H groups in total. The number of aliphatic hydroxyl groups excluding tert-OH is 2. The van der Waals surface area contributed by atoms with Gasteiger partial charge in [-0.2, -0.15) is 0 Å². The molecule has 2 unspecified atom stereocenters. The Balaban J connectivity index is 1.57. The van der Waals surface area contributed by atoms with E-state index in [1.54, 1.807) is 0 Å². The fraction of sp³-hybridized carbons (Fsp3) is 0.667. The van der Waals surface area contributed by atoms with E-state index in [4.69, 9.17) is 0 Å². The molecule has 3 rings (SSSR count).